The van der Waals surface area contributed by atoms with Gasteiger partial charge in [0.15, 0.2) is 5.78 Å². The third kappa shape index (κ3) is 4.64. The zero-order valence-electron chi connectivity index (χ0n) is 24.2. The largest absolute Gasteiger partial charge is 0.341 e. The third-order valence-electron chi connectivity index (χ3n) is 9.77. The molecule has 7 rings (SSSR count). The Morgan fingerprint density at radius 1 is 1.00 bits per heavy atom. The van der Waals surface area contributed by atoms with Crippen LogP contribution in [0.5, 0.6) is 0 Å². The molecule has 42 heavy (non-hydrogen) atoms. The second-order valence-corrected chi connectivity index (χ2v) is 12.6. The van der Waals surface area contributed by atoms with Crippen molar-refractivity contribution >= 4 is 22.6 Å². The predicted molar refractivity (Wildman–Crippen MR) is 162 cm³/mol. The molecule has 3 aliphatic rings. The number of halogens is 1. The highest BCUT2D eigenvalue weighted by Gasteiger charge is 2.44. The fourth-order valence-corrected chi connectivity index (χ4v) is 7.56. The van der Waals surface area contributed by atoms with E-state index in [0.29, 0.717) is 43.5 Å². The molecule has 2 aromatic heterocycles. The van der Waals surface area contributed by atoms with Gasteiger partial charge < -0.3 is 14.8 Å². The van der Waals surface area contributed by atoms with Gasteiger partial charge in [0.25, 0.3) is 0 Å². The maximum Gasteiger partial charge on any atom is 0.240 e. The minimum absolute atomic E-state index is 0.0489. The average molecular weight is 565 g/mol. The van der Waals surface area contributed by atoms with E-state index in [4.69, 9.17) is 0 Å². The number of piperidine rings is 2. The molecule has 1 aliphatic carbocycles. The van der Waals surface area contributed by atoms with Gasteiger partial charge in [0, 0.05) is 54.0 Å². The summed E-state index contributed by atoms with van der Waals surface area (Å²) >= 11 is 0. The van der Waals surface area contributed by atoms with Crippen LogP contribution in [-0.2, 0) is 4.79 Å². The lowest BCUT2D eigenvalue weighted by Crippen LogP contribution is -2.51. The zero-order chi connectivity index (χ0) is 29.0. The van der Waals surface area contributed by atoms with E-state index in [9.17, 15) is 14.0 Å². The van der Waals surface area contributed by atoms with Crippen LogP contribution in [0.15, 0.2) is 67.1 Å². The van der Waals surface area contributed by atoms with Gasteiger partial charge in [0.2, 0.25) is 5.91 Å². The molecule has 2 saturated heterocycles. The second kappa shape index (κ2) is 10.8. The van der Waals surface area contributed by atoms with E-state index in [2.05, 4.69) is 30.2 Å². The molecule has 1 saturated carbocycles. The van der Waals surface area contributed by atoms with Gasteiger partial charge in [0.05, 0.1) is 23.4 Å². The summed E-state index contributed by atoms with van der Waals surface area (Å²) in [5.41, 5.74) is 5.16. The smallest absolute Gasteiger partial charge is 0.240 e. The first-order valence-corrected chi connectivity index (χ1v) is 15.3. The normalized spacial score (nSPS) is 22.4. The van der Waals surface area contributed by atoms with Crippen LogP contribution in [0.1, 0.15) is 67.8 Å². The van der Waals surface area contributed by atoms with E-state index in [0.717, 1.165) is 46.1 Å². The molecule has 2 unspecified atom stereocenters. The van der Waals surface area contributed by atoms with Crippen molar-refractivity contribution < 1.29 is 14.0 Å². The summed E-state index contributed by atoms with van der Waals surface area (Å²) in [4.78, 5) is 33.6. The number of benzene rings is 2. The van der Waals surface area contributed by atoms with Gasteiger partial charge in [-0.25, -0.2) is 4.39 Å². The molecule has 0 spiro atoms. The van der Waals surface area contributed by atoms with Gasteiger partial charge in [-0.2, -0.15) is 0 Å². The first-order chi connectivity index (χ1) is 20.4. The number of nitrogens with zero attached hydrogens (tertiary/aromatic N) is 3. The topological polar surface area (TPSA) is 67.2 Å². The number of pyridine rings is 1. The molecular weight excluding hydrogens is 527 g/mol. The summed E-state index contributed by atoms with van der Waals surface area (Å²) in [6.45, 7) is 5.49. The summed E-state index contributed by atoms with van der Waals surface area (Å²) in [6, 6.07) is 15.3. The minimum Gasteiger partial charge on any atom is -0.341 e. The molecule has 7 heteroatoms. The number of likely N-dealkylation sites (tertiary alicyclic amines) is 1. The van der Waals surface area contributed by atoms with Crippen molar-refractivity contribution in [3.8, 4) is 16.8 Å². The number of aromatic nitrogens is 2. The number of nitrogens with one attached hydrogen (secondary N) is 1. The number of carbonyl (C=O) groups is 2. The van der Waals surface area contributed by atoms with E-state index < -0.39 is 0 Å². The molecule has 2 aromatic carbocycles. The number of Topliss-reactive ketones (excluding diaryl/α,β-unsaturated/α-hetero) is 1. The van der Waals surface area contributed by atoms with E-state index in [1.54, 1.807) is 24.5 Å². The molecule has 6 nitrogen and oxygen atoms in total. The van der Waals surface area contributed by atoms with Crippen LogP contribution in [0.2, 0.25) is 0 Å². The molecule has 1 N–H and O–H groups in total. The van der Waals surface area contributed by atoms with Gasteiger partial charge >= 0.3 is 0 Å². The Balaban J connectivity index is 1.19. The summed E-state index contributed by atoms with van der Waals surface area (Å²) < 4.78 is 16.7. The molecule has 0 radical (unpaired) electrons. The van der Waals surface area contributed by atoms with Gasteiger partial charge in [0.1, 0.15) is 5.82 Å². The van der Waals surface area contributed by atoms with Gasteiger partial charge in [-0.3, -0.25) is 14.6 Å². The van der Waals surface area contributed by atoms with Crippen LogP contribution in [-0.4, -0.2) is 51.3 Å². The molecule has 3 atom stereocenters. The lowest BCUT2D eigenvalue weighted by molar-refractivity contribution is -0.135. The van der Waals surface area contributed by atoms with Gasteiger partial charge in [-0.15, -0.1) is 0 Å². The maximum atomic E-state index is 14.7. The molecular formula is C35H37FN4O2. The Hall–Kier alpha value is -3.84. The van der Waals surface area contributed by atoms with Crippen molar-refractivity contribution in [2.24, 2.45) is 11.8 Å². The van der Waals surface area contributed by atoms with Gasteiger partial charge in [-0.1, -0.05) is 38.1 Å². The highest BCUT2D eigenvalue weighted by Crippen LogP contribution is 2.38. The van der Waals surface area contributed by atoms with Crippen molar-refractivity contribution in [1.82, 2.24) is 19.8 Å². The molecule has 4 aromatic rings. The van der Waals surface area contributed by atoms with E-state index in [1.807, 2.05) is 39.9 Å². The van der Waals surface area contributed by atoms with Gasteiger partial charge in [-0.05, 0) is 79.3 Å². The standard InChI is InChI=1S/C35H37FN4O2/c1-21(2)26-5-3-4-6-27(26)29-18-24(36)8-10-31(29)40-20-30(28-11-14-37-19-32(28)40)34(41)22-12-15-39(16-13-22)35(42)33-23-7-9-25(17-23)38-33/h3-6,8,10-11,14,18-23,25,33,38H,7,9,12-13,15-17H2,1-2H3/t23-,25?,33?/m1/s1. The van der Waals surface area contributed by atoms with Crippen LogP contribution in [0.25, 0.3) is 27.7 Å². The molecule has 4 heterocycles. The Morgan fingerprint density at radius 2 is 1.81 bits per heavy atom. The predicted octanol–water partition coefficient (Wildman–Crippen LogP) is 6.52. The highest BCUT2D eigenvalue weighted by atomic mass is 19.1. The van der Waals surface area contributed by atoms with Crippen molar-refractivity contribution in [2.45, 2.75) is 64.0 Å². The lowest BCUT2D eigenvalue weighted by atomic mass is 9.88. The molecule has 3 fully saturated rings. The summed E-state index contributed by atoms with van der Waals surface area (Å²) in [7, 11) is 0. The summed E-state index contributed by atoms with van der Waals surface area (Å²) in [6.07, 6.45) is 10.1. The number of rotatable bonds is 6. The monoisotopic (exact) mass is 564 g/mol. The quantitative estimate of drug-likeness (QED) is 0.271. The summed E-state index contributed by atoms with van der Waals surface area (Å²) in [5, 5.41) is 4.36. The lowest BCUT2D eigenvalue weighted by Gasteiger charge is -2.35. The number of hydrogen-bond acceptors (Lipinski definition) is 4. The number of carbonyl (C=O) groups excluding carboxylic acids is 2. The SMILES string of the molecule is CC(C)c1ccccc1-c1cc(F)ccc1-n1cc(C(=O)C2CCN(C(=O)C3NC4CC[C@@H]3C4)CC2)c2ccncc21. The number of amides is 1. The Morgan fingerprint density at radius 3 is 2.55 bits per heavy atom. The second-order valence-electron chi connectivity index (χ2n) is 12.6. The number of ketones is 1. The van der Waals surface area contributed by atoms with Crippen LogP contribution in [0.3, 0.4) is 0 Å². The van der Waals surface area contributed by atoms with Crippen LogP contribution < -0.4 is 5.32 Å². The molecule has 1 amide bonds. The first kappa shape index (κ1) is 27.0. The molecule has 216 valence electrons. The Kier molecular flexibility index (Phi) is 6.93. The fourth-order valence-electron chi connectivity index (χ4n) is 7.56. The highest BCUT2D eigenvalue weighted by molar-refractivity contribution is 6.09. The minimum atomic E-state index is -0.305. The molecule has 2 aliphatic heterocycles. The van der Waals surface area contributed by atoms with E-state index in [1.165, 1.54) is 12.5 Å². The third-order valence-corrected chi connectivity index (χ3v) is 9.77. The fraction of sp³-hybridized carbons (Fsp3) is 0.400. The first-order valence-electron chi connectivity index (χ1n) is 15.3. The maximum absolute atomic E-state index is 14.7. The molecule has 2 bridgehead atoms. The van der Waals surface area contributed by atoms with Crippen LogP contribution >= 0.6 is 0 Å². The van der Waals surface area contributed by atoms with Crippen molar-refractivity contribution in [3.63, 3.8) is 0 Å². The van der Waals surface area contributed by atoms with Crippen molar-refractivity contribution in [2.75, 3.05) is 13.1 Å². The Labute approximate surface area is 245 Å². The Bertz CT molecular complexity index is 1670. The zero-order valence-corrected chi connectivity index (χ0v) is 24.2. The number of hydrogen-bond donors (Lipinski definition) is 1. The number of fused-ring (bicyclic) bond motifs is 3. The van der Waals surface area contributed by atoms with Crippen LogP contribution in [0, 0.1) is 17.7 Å². The average Bonchev–Trinajstić information content (AvgIpc) is 3.76. The van der Waals surface area contributed by atoms with Crippen molar-refractivity contribution in [1.29, 1.82) is 0 Å². The summed E-state index contributed by atoms with van der Waals surface area (Å²) in [5.74, 6) is 0.576. The van der Waals surface area contributed by atoms with E-state index in [-0.39, 0.29) is 35.4 Å². The van der Waals surface area contributed by atoms with Crippen LogP contribution in [0.4, 0.5) is 4.39 Å². The van der Waals surface area contributed by atoms with Crippen molar-refractivity contribution in [3.05, 3.63) is 84.1 Å². The van der Waals surface area contributed by atoms with E-state index >= 15 is 0 Å².